The average Bonchev–Trinajstić information content (AvgIpc) is 2.71. The number of para-hydroxylation sites is 1. The van der Waals surface area contributed by atoms with Crippen LogP contribution in [0.3, 0.4) is 0 Å². The second-order valence-electron chi connectivity index (χ2n) is 8.73. The Labute approximate surface area is 170 Å². The summed E-state index contributed by atoms with van der Waals surface area (Å²) in [5, 5.41) is 4.67. The molecular formula is C25H24N2O2. The molecule has 0 amide bonds. The Kier molecular flexibility index (Phi) is 3.98. The van der Waals surface area contributed by atoms with Crippen molar-refractivity contribution in [3.05, 3.63) is 77.1 Å². The number of pyridine rings is 1. The van der Waals surface area contributed by atoms with Crippen molar-refractivity contribution in [2.45, 2.75) is 32.6 Å². The minimum absolute atomic E-state index is 0.0514. The lowest BCUT2D eigenvalue weighted by atomic mass is 9.68. The van der Waals surface area contributed by atoms with Crippen LogP contribution in [0, 0.1) is 5.41 Å². The Bertz CT molecular complexity index is 1180. The fourth-order valence-electron chi connectivity index (χ4n) is 4.90. The van der Waals surface area contributed by atoms with Gasteiger partial charge >= 0.3 is 0 Å². The lowest BCUT2D eigenvalue weighted by molar-refractivity contribution is -0.118. The van der Waals surface area contributed by atoms with Gasteiger partial charge in [0, 0.05) is 46.4 Å². The molecule has 0 fully saturated rings. The van der Waals surface area contributed by atoms with Crippen molar-refractivity contribution in [1.29, 1.82) is 0 Å². The van der Waals surface area contributed by atoms with Crippen molar-refractivity contribution in [3.8, 4) is 5.75 Å². The number of Topliss-reactive ketones (excluding diaryl/α,β-unsaturated/α-hetero) is 1. The first-order valence-electron chi connectivity index (χ1n) is 10.0. The summed E-state index contributed by atoms with van der Waals surface area (Å²) in [7, 11) is 1.69. The molecule has 1 aromatic heterocycles. The van der Waals surface area contributed by atoms with E-state index in [1.54, 1.807) is 7.11 Å². The Morgan fingerprint density at radius 1 is 1.07 bits per heavy atom. The third-order valence-electron chi connectivity index (χ3n) is 6.06. The van der Waals surface area contributed by atoms with Crippen LogP contribution in [-0.2, 0) is 4.79 Å². The van der Waals surface area contributed by atoms with Crippen LogP contribution in [0.4, 0.5) is 5.69 Å². The molecule has 2 heterocycles. The highest BCUT2D eigenvalue weighted by molar-refractivity contribution is 6.04. The van der Waals surface area contributed by atoms with E-state index in [1.807, 2.05) is 36.5 Å². The first kappa shape index (κ1) is 17.9. The van der Waals surface area contributed by atoms with Gasteiger partial charge in [0.05, 0.1) is 12.6 Å². The number of nitrogens with zero attached hydrogens (tertiary/aromatic N) is 1. The van der Waals surface area contributed by atoms with Crippen molar-refractivity contribution in [3.63, 3.8) is 0 Å². The SMILES string of the molecule is COc1ccccc1[C@@H]1C2=C(CC(C)(C)CC2=O)Nc2ccc3ncccc3c21. The van der Waals surface area contributed by atoms with E-state index in [1.165, 1.54) is 0 Å². The Hall–Kier alpha value is -3.14. The van der Waals surface area contributed by atoms with Crippen LogP contribution in [0.1, 0.15) is 43.7 Å². The van der Waals surface area contributed by atoms with Crippen LogP contribution in [-0.4, -0.2) is 17.9 Å². The van der Waals surface area contributed by atoms with E-state index in [4.69, 9.17) is 4.74 Å². The van der Waals surface area contributed by atoms with Gasteiger partial charge in [-0.15, -0.1) is 0 Å². The second-order valence-corrected chi connectivity index (χ2v) is 8.73. The summed E-state index contributed by atoms with van der Waals surface area (Å²) in [6, 6.07) is 16.2. The molecule has 0 saturated carbocycles. The standard InChI is InChI=1S/C25H24N2O2/c1-25(2)13-19-24(20(28)14-25)23(16-7-4-5-9-21(16)29-3)22-15-8-6-12-26-17(15)10-11-18(22)27-19/h4-12,23,27H,13-14H2,1-3H3/t23-/m0/s1. The lowest BCUT2D eigenvalue weighted by Crippen LogP contribution is -2.34. The molecular weight excluding hydrogens is 360 g/mol. The number of fused-ring (bicyclic) bond motifs is 3. The summed E-state index contributed by atoms with van der Waals surface area (Å²) in [4.78, 5) is 18.0. The normalized spacial score (nSPS) is 20.1. The largest absolute Gasteiger partial charge is 0.496 e. The van der Waals surface area contributed by atoms with E-state index in [0.717, 1.165) is 51.2 Å². The first-order chi connectivity index (χ1) is 14.0. The number of nitrogens with one attached hydrogen (secondary N) is 1. The zero-order valence-corrected chi connectivity index (χ0v) is 17.0. The molecule has 1 N–H and O–H groups in total. The second kappa shape index (κ2) is 6.45. The third kappa shape index (κ3) is 2.82. The van der Waals surface area contributed by atoms with Crippen LogP contribution in [0.2, 0.25) is 0 Å². The van der Waals surface area contributed by atoms with Gasteiger partial charge in [-0.25, -0.2) is 0 Å². The molecule has 146 valence electrons. The highest BCUT2D eigenvalue weighted by atomic mass is 16.5. The van der Waals surface area contributed by atoms with Gasteiger partial charge in [0.2, 0.25) is 0 Å². The fraction of sp³-hybridized carbons (Fsp3) is 0.280. The van der Waals surface area contributed by atoms with Crippen LogP contribution in [0.25, 0.3) is 10.9 Å². The van der Waals surface area contributed by atoms with E-state index in [0.29, 0.717) is 6.42 Å². The number of allylic oxidation sites excluding steroid dienone is 2. The van der Waals surface area contributed by atoms with Gasteiger partial charge in [0.25, 0.3) is 0 Å². The van der Waals surface area contributed by atoms with Crippen LogP contribution in [0.15, 0.2) is 66.0 Å². The Morgan fingerprint density at radius 2 is 1.90 bits per heavy atom. The Balaban J connectivity index is 1.84. The molecule has 3 aromatic rings. The zero-order chi connectivity index (χ0) is 20.2. The van der Waals surface area contributed by atoms with Gasteiger partial charge in [-0.3, -0.25) is 9.78 Å². The molecule has 0 saturated heterocycles. The van der Waals surface area contributed by atoms with Gasteiger partial charge in [-0.2, -0.15) is 0 Å². The number of carbonyl (C=O) groups is 1. The van der Waals surface area contributed by atoms with Gasteiger partial charge < -0.3 is 10.1 Å². The van der Waals surface area contributed by atoms with Crippen molar-refractivity contribution in [2.24, 2.45) is 5.41 Å². The molecule has 2 aliphatic rings. The maximum Gasteiger partial charge on any atom is 0.162 e. The topological polar surface area (TPSA) is 51.2 Å². The summed E-state index contributed by atoms with van der Waals surface area (Å²) in [6.07, 6.45) is 3.21. The Morgan fingerprint density at radius 3 is 2.72 bits per heavy atom. The summed E-state index contributed by atoms with van der Waals surface area (Å²) in [5.41, 5.74) is 5.97. The summed E-state index contributed by atoms with van der Waals surface area (Å²) >= 11 is 0. The number of ketones is 1. The van der Waals surface area contributed by atoms with Crippen molar-refractivity contribution in [1.82, 2.24) is 4.98 Å². The maximum absolute atomic E-state index is 13.4. The zero-order valence-electron chi connectivity index (χ0n) is 17.0. The molecule has 1 aliphatic heterocycles. The molecule has 4 heteroatoms. The molecule has 0 unspecified atom stereocenters. The van der Waals surface area contributed by atoms with Crippen molar-refractivity contribution in [2.75, 3.05) is 12.4 Å². The molecule has 4 nitrogen and oxygen atoms in total. The molecule has 2 aromatic carbocycles. The number of methoxy groups -OCH3 is 1. The van der Waals surface area contributed by atoms with Gasteiger partial charge in [-0.05, 0) is 41.7 Å². The summed E-state index contributed by atoms with van der Waals surface area (Å²) in [5.74, 6) is 0.843. The number of benzene rings is 2. The molecule has 29 heavy (non-hydrogen) atoms. The molecule has 0 bridgehead atoms. The van der Waals surface area contributed by atoms with E-state index in [2.05, 4.69) is 42.3 Å². The fourth-order valence-corrected chi connectivity index (χ4v) is 4.90. The maximum atomic E-state index is 13.4. The van der Waals surface area contributed by atoms with Crippen molar-refractivity contribution < 1.29 is 9.53 Å². The van der Waals surface area contributed by atoms with Gasteiger partial charge in [0.1, 0.15) is 5.75 Å². The number of hydrogen-bond donors (Lipinski definition) is 1. The summed E-state index contributed by atoms with van der Waals surface area (Å²) < 4.78 is 5.71. The summed E-state index contributed by atoms with van der Waals surface area (Å²) in [6.45, 7) is 4.32. The number of carbonyl (C=O) groups excluding carboxylic acids is 1. The molecule has 0 spiro atoms. The van der Waals surface area contributed by atoms with Crippen LogP contribution >= 0.6 is 0 Å². The average molecular weight is 384 g/mol. The molecule has 0 radical (unpaired) electrons. The predicted octanol–water partition coefficient (Wildman–Crippen LogP) is 5.44. The highest BCUT2D eigenvalue weighted by Gasteiger charge is 2.42. The van der Waals surface area contributed by atoms with E-state index >= 15 is 0 Å². The van der Waals surface area contributed by atoms with E-state index in [-0.39, 0.29) is 17.1 Å². The number of anilines is 1. The number of ether oxygens (including phenoxy) is 1. The molecule has 1 atom stereocenters. The predicted molar refractivity (Wildman–Crippen MR) is 115 cm³/mol. The first-order valence-corrected chi connectivity index (χ1v) is 10.0. The number of aromatic nitrogens is 1. The van der Waals surface area contributed by atoms with E-state index in [9.17, 15) is 4.79 Å². The van der Waals surface area contributed by atoms with Crippen molar-refractivity contribution >= 4 is 22.4 Å². The van der Waals surface area contributed by atoms with Crippen LogP contribution in [0.5, 0.6) is 5.75 Å². The number of hydrogen-bond acceptors (Lipinski definition) is 4. The number of rotatable bonds is 2. The lowest BCUT2D eigenvalue weighted by Gasteiger charge is -2.40. The van der Waals surface area contributed by atoms with E-state index < -0.39 is 0 Å². The van der Waals surface area contributed by atoms with Gasteiger partial charge in [-0.1, -0.05) is 38.1 Å². The molecule has 1 aliphatic carbocycles. The minimum atomic E-state index is -0.172. The molecule has 5 rings (SSSR count). The minimum Gasteiger partial charge on any atom is -0.496 e. The smallest absolute Gasteiger partial charge is 0.162 e. The third-order valence-corrected chi connectivity index (χ3v) is 6.06. The monoisotopic (exact) mass is 384 g/mol. The van der Waals surface area contributed by atoms with Crippen LogP contribution < -0.4 is 10.1 Å². The van der Waals surface area contributed by atoms with Gasteiger partial charge in [0.15, 0.2) is 5.78 Å². The quantitative estimate of drug-likeness (QED) is 0.639. The highest BCUT2D eigenvalue weighted by Crippen LogP contribution is 2.52.